The zero-order valence-corrected chi connectivity index (χ0v) is 22.0. The number of thiophene rings is 1. The number of amides is 1. The predicted molar refractivity (Wildman–Crippen MR) is 141 cm³/mol. The molecule has 2 N–H and O–H groups in total. The van der Waals surface area contributed by atoms with Gasteiger partial charge in [-0.1, -0.05) is 33.8 Å². The first-order chi connectivity index (χ1) is 17.3. The molecule has 36 heavy (non-hydrogen) atoms. The fourth-order valence-corrected chi connectivity index (χ4v) is 4.89. The molecule has 0 unspecified atom stereocenters. The molecule has 1 aliphatic rings. The number of carboxylic acid groups (broad SMARTS) is 1. The lowest BCUT2D eigenvalue weighted by Crippen LogP contribution is -2.27. The number of carbonyl (C=O) groups excluding carboxylic acids is 2. The van der Waals surface area contributed by atoms with E-state index in [-0.39, 0.29) is 28.5 Å². The monoisotopic (exact) mass is 509 g/mol. The summed E-state index contributed by atoms with van der Waals surface area (Å²) in [5.41, 5.74) is 2.93. The Morgan fingerprint density at radius 2 is 1.81 bits per heavy atom. The van der Waals surface area contributed by atoms with E-state index in [0.29, 0.717) is 35.6 Å². The van der Waals surface area contributed by atoms with Gasteiger partial charge >= 0.3 is 11.9 Å². The van der Waals surface area contributed by atoms with Gasteiger partial charge in [-0.2, -0.15) is 0 Å². The van der Waals surface area contributed by atoms with Crippen molar-refractivity contribution in [2.45, 2.75) is 34.1 Å². The molecule has 0 saturated carbocycles. The predicted octanol–water partition coefficient (Wildman–Crippen LogP) is 5.91. The molecule has 0 spiro atoms. The van der Waals surface area contributed by atoms with Crippen LogP contribution in [0.15, 0.2) is 41.8 Å². The van der Waals surface area contributed by atoms with Crippen LogP contribution in [0.3, 0.4) is 0 Å². The minimum Gasteiger partial charge on any atom is -0.493 e. The molecule has 2 aromatic carbocycles. The second-order valence-corrected chi connectivity index (χ2v) is 9.34. The third-order valence-electron chi connectivity index (χ3n) is 5.62. The maximum absolute atomic E-state index is 12.7. The van der Waals surface area contributed by atoms with E-state index >= 15 is 0 Å². The number of nitrogens with one attached hydrogen (secondary N) is 1. The second kappa shape index (κ2) is 11.9. The SMILES string of the molecule is CC.COC(=O)c1cc(C(=O)NCC(C)C)ccc1-c1cc2c(cc1C(=O)O)-c1sccc1CCO2. The van der Waals surface area contributed by atoms with Gasteiger partial charge in [-0.05, 0) is 52.8 Å². The van der Waals surface area contributed by atoms with Crippen LogP contribution >= 0.6 is 11.3 Å². The summed E-state index contributed by atoms with van der Waals surface area (Å²) in [5, 5.41) is 14.8. The standard InChI is InChI=1S/C26H25NO6S.C2H6/c1-14(2)13-27-24(28)16-4-5-17(20(10-16)26(31)32-3)18-12-22-21(11-19(18)25(29)30)23-15(6-8-33-22)7-9-34-23;1-2/h4-5,7,9-12,14H,6,8,13H2,1-3H3,(H,27,28)(H,29,30);1-2H3. The van der Waals surface area contributed by atoms with Crippen molar-refractivity contribution < 1.29 is 29.0 Å². The molecular formula is C28H31NO6S. The van der Waals surface area contributed by atoms with E-state index in [1.165, 1.54) is 24.5 Å². The Labute approximate surface area is 215 Å². The molecule has 8 heteroatoms. The molecule has 0 fully saturated rings. The first-order valence-corrected chi connectivity index (χ1v) is 12.8. The molecule has 1 amide bonds. The average Bonchev–Trinajstić information content (AvgIpc) is 3.28. The van der Waals surface area contributed by atoms with Gasteiger partial charge in [-0.15, -0.1) is 11.3 Å². The highest BCUT2D eigenvalue weighted by molar-refractivity contribution is 7.13. The second-order valence-electron chi connectivity index (χ2n) is 8.43. The molecule has 1 aliphatic heterocycles. The fourth-order valence-electron chi connectivity index (χ4n) is 3.91. The summed E-state index contributed by atoms with van der Waals surface area (Å²) in [4.78, 5) is 38.5. The topological polar surface area (TPSA) is 102 Å². The molecule has 7 nitrogen and oxygen atoms in total. The van der Waals surface area contributed by atoms with Crippen molar-refractivity contribution in [3.63, 3.8) is 0 Å². The lowest BCUT2D eigenvalue weighted by Gasteiger charge is -2.16. The highest BCUT2D eigenvalue weighted by Crippen LogP contribution is 2.43. The number of ether oxygens (including phenoxy) is 2. The third-order valence-corrected chi connectivity index (χ3v) is 6.61. The number of benzene rings is 2. The molecule has 0 atom stereocenters. The number of methoxy groups -OCH3 is 1. The molecule has 4 rings (SSSR count). The van der Waals surface area contributed by atoms with E-state index in [1.807, 2.05) is 39.1 Å². The van der Waals surface area contributed by atoms with E-state index in [9.17, 15) is 19.5 Å². The van der Waals surface area contributed by atoms with Gasteiger partial charge in [-0.25, -0.2) is 9.59 Å². The number of esters is 1. The van der Waals surface area contributed by atoms with Gasteiger partial charge in [-0.3, -0.25) is 4.79 Å². The first-order valence-electron chi connectivity index (χ1n) is 11.9. The van der Waals surface area contributed by atoms with Gasteiger partial charge in [0.05, 0.1) is 24.8 Å². The van der Waals surface area contributed by atoms with Gasteiger partial charge in [0.2, 0.25) is 0 Å². The lowest BCUT2D eigenvalue weighted by molar-refractivity contribution is 0.0600. The van der Waals surface area contributed by atoms with Crippen LogP contribution in [0.4, 0.5) is 0 Å². The summed E-state index contributed by atoms with van der Waals surface area (Å²) in [6.07, 6.45) is 0.721. The Bertz CT molecular complexity index is 1280. The number of hydrogen-bond acceptors (Lipinski definition) is 6. The van der Waals surface area contributed by atoms with E-state index < -0.39 is 11.9 Å². The molecule has 1 aromatic heterocycles. The Balaban J connectivity index is 0.00000176. The highest BCUT2D eigenvalue weighted by atomic mass is 32.1. The smallest absolute Gasteiger partial charge is 0.338 e. The quantitative estimate of drug-likeness (QED) is 0.400. The summed E-state index contributed by atoms with van der Waals surface area (Å²) in [6.45, 7) is 8.91. The largest absolute Gasteiger partial charge is 0.493 e. The lowest BCUT2D eigenvalue weighted by atomic mass is 9.91. The highest BCUT2D eigenvalue weighted by Gasteiger charge is 2.25. The molecule has 0 aliphatic carbocycles. The molecule has 0 bridgehead atoms. The molecule has 0 saturated heterocycles. The molecule has 3 aromatic rings. The molecule has 0 radical (unpaired) electrons. The van der Waals surface area contributed by atoms with Crippen molar-refractivity contribution in [2.24, 2.45) is 5.92 Å². The van der Waals surface area contributed by atoms with E-state index in [2.05, 4.69) is 5.32 Å². The third kappa shape index (κ3) is 5.60. The van der Waals surface area contributed by atoms with Crippen LogP contribution in [0.5, 0.6) is 5.75 Å². The van der Waals surface area contributed by atoms with Crippen LogP contribution in [0.2, 0.25) is 0 Å². The first kappa shape index (κ1) is 26.9. The molecule has 190 valence electrons. The van der Waals surface area contributed by atoms with Gasteiger partial charge in [0, 0.05) is 34.5 Å². The number of rotatable bonds is 6. The van der Waals surface area contributed by atoms with E-state index in [1.54, 1.807) is 24.3 Å². The van der Waals surface area contributed by atoms with Crippen molar-refractivity contribution >= 4 is 29.2 Å². The van der Waals surface area contributed by atoms with Crippen molar-refractivity contribution in [1.29, 1.82) is 0 Å². The number of hydrogen-bond donors (Lipinski definition) is 2. The zero-order chi connectivity index (χ0) is 26.4. The number of fused-ring (bicyclic) bond motifs is 3. The summed E-state index contributed by atoms with van der Waals surface area (Å²) < 4.78 is 10.9. The summed E-state index contributed by atoms with van der Waals surface area (Å²) in [7, 11) is 1.24. The van der Waals surface area contributed by atoms with Crippen molar-refractivity contribution in [3.8, 4) is 27.3 Å². The van der Waals surface area contributed by atoms with Crippen LogP contribution in [0.1, 0.15) is 64.3 Å². The van der Waals surface area contributed by atoms with Crippen molar-refractivity contribution in [3.05, 3.63) is 64.0 Å². The Hall–Kier alpha value is -3.65. The number of carboxylic acids is 1. The van der Waals surface area contributed by atoms with Crippen molar-refractivity contribution in [2.75, 3.05) is 20.3 Å². The molecule has 2 heterocycles. The Morgan fingerprint density at radius 1 is 1.06 bits per heavy atom. The number of aromatic carboxylic acids is 1. The maximum atomic E-state index is 12.7. The van der Waals surface area contributed by atoms with Crippen molar-refractivity contribution in [1.82, 2.24) is 5.32 Å². The molecular weight excluding hydrogens is 478 g/mol. The van der Waals surface area contributed by atoms with Crippen LogP contribution in [0, 0.1) is 5.92 Å². The minimum atomic E-state index is -1.13. The van der Waals surface area contributed by atoms with Gasteiger partial charge < -0.3 is 19.9 Å². The van der Waals surface area contributed by atoms with Crippen LogP contribution in [-0.4, -0.2) is 43.2 Å². The average molecular weight is 510 g/mol. The Kier molecular flexibility index (Phi) is 8.88. The summed E-state index contributed by atoms with van der Waals surface area (Å²) in [5.74, 6) is -1.30. The van der Waals surface area contributed by atoms with Gasteiger partial charge in [0.15, 0.2) is 0 Å². The van der Waals surface area contributed by atoms with E-state index in [0.717, 1.165) is 16.9 Å². The van der Waals surface area contributed by atoms with Gasteiger partial charge in [0.1, 0.15) is 5.75 Å². The van der Waals surface area contributed by atoms with E-state index in [4.69, 9.17) is 9.47 Å². The minimum absolute atomic E-state index is 0.0331. The fraction of sp³-hybridized carbons (Fsp3) is 0.321. The normalized spacial score (nSPS) is 11.7. The van der Waals surface area contributed by atoms with Crippen LogP contribution in [0.25, 0.3) is 21.6 Å². The maximum Gasteiger partial charge on any atom is 0.338 e. The van der Waals surface area contributed by atoms with Gasteiger partial charge in [0.25, 0.3) is 5.91 Å². The van der Waals surface area contributed by atoms with Crippen LogP contribution < -0.4 is 10.1 Å². The zero-order valence-electron chi connectivity index (χ0n) is 21.1. The number of carbonyl (C=O) groups is 3. The summed E-state index contributed by atoms with van der Waals surface area (Å²) >= 11 is 1.54. The Morgan fingerprint density at radius 3 is 2.47 bits per heavy atom. The summed E-state index contributed by atoms with van der Waals surface area (Å²) in [6, 6.07) is 9.87. The van der Waals surface area contributed by atoms with Crippen LogP contribution in [-0.2, 0) is 11.2 Å².